The zero-order valence-electron chi connectivity index (χ0n) is 9.01. The Bertz CT molecular complexity index is 526. The van der Waals surface area contributed by atoms with E-state index in [1.807, 2.05) is 6.07 Å². The predicted molar refractivity (Wildman–Crippen MR) is 61.9 cm³/mol. The number of anilines is 2. The third kappa shape index (κ3) is 2.69. The van der Waals surface area contributed by atoms with E-state index in [-0.39, 0.29) is 0 Å². The lowest BCUT2D eigenvalue weighted by Gasteiger charge is -2.06. The Balaban J connectivity index is 1.97. The van der Waals surface area contributed by atoms with Gasteiger partial charge in [-0.3, -0.25) is 5.10 Å². The van der Waals surface area contributed by atoms with Crippen molar-refractivity contribution in [1.82, 2.24) is 20.2 Å². The number of nitrogen functional groups attached to an aromatic ring is 1. The standard InChI is InChI=1S/C10H11N7/c11-4-7-3-8(12)5-14-10(7)13-2-1-9-15-6-16-17-9/h3,5-6H,1-2,12H2,(H,13,14)(H,15,16,17). The number of pyridine rings is 1. The Hall–Kier alpha value is -2.62. The molecule has 0 amide bonds. The molecule has 0 unspecified atom stereocenters. The van der Waals surface area contributed by atoms with Crippen LogP contribution in [0, 0.1) is 11.3 Å². The van der Waals surface area contributed by atoms with Crippen LogP contribution < -0.4 is 11.1 Å². The van der Waals surface area contributed by atoms with E-state index in [4.69, 9.17) is 11.0 Å². The van der Waals surface area contributed by atoms with E-state index in [0.717, 1.165) is 5.82 Å². The summed E-state index contributed by atoms with van der Waals surface area (Å²) in [6.07, 6.45) is 3.64. The Kier molecular flexibility index (Phi) is 3.16. The molecule has 0 bridgehead atoms. The van der Waals surface area contributed by atoms with Crippen LogP contribution in [-0.2, 0) is 6.42 Å². The summed E-state index contributed by atoms with van der Waals surface area (Å²) in [5, 5.41) is 18.5. The highest BCUT2D eigenvalue weighted by atomic mass is 15.2. The Labute approximate surface area is 97.7 Å². The summed E-state index contributed by atoms with van der Waals surface area (Å²) < 4.78 is 0. The normalized spacial score (nSPS) is 9.82. The number of aromatic amines is 1. The summed E-state index contributed by atoms with van der Waals surface area (Å²) in [5.41, 5.74) is 6.45. The third-order valence-electron chi connectivity index (χ3n) is 2.15. The van der Waals surface area contributed by atoms with Crippen molar-refractivity contribution < 1.29 is 0 Å². The predicted octanol–water partition coefficient (Wildman–Crippen LogP) is 0.308. The molecule has 2 rings (SSSR count). The van der Waals surface area contributed by atoms with Crippen LogP contribution in [0.3, 0.4) is 0 Å². The van der Waals surface area contributed by atoms with Gasteiger partial charge in [-0.2, -0.15) is 10.4 Å². The molecular weight excluding hydrogens is 218 g/mol. The average molecular weight is 229 g/mol. The molecule has 0 aromatic carbocycles. The van der Waals surface area contributed by atoms with Gasteiger partial charge in [0.05, 0.1) is 17.4 Å². The molecule has 2 aromatic rings. The number of nitrogens with two attached hydrogens (primary N) is 1. The molecule has 0 radical (unpaired) electrons. The highest BCUT2D eigenvalue weighted by Gasteiger charge is 2.04. The van der Waals surface area contributed by atoms with Crippen LogP contribution in [0.1, 0.15) is 11.4 Å². The lowest BCUT2D eigenvalue weighted by Crippen LogP contribution is -2.09. The molecule has 0 saturated carbocycles. The van der Waals surface area contributed by atoms with Crippen molar-refractivity contribution in [2.24, 2.45) is 0 Å². The molecular formula is C10H11N7. The fourth-order valence-corrected chi connectivity index (χ4v) is 1.36. The number of hydrogen-bond acceptors (Lipinski definition) is 6. The summed E-state index contributed by atoms with van der Waals surface area (Å²) in [4.78, 5) is 8.06. The molecule has 0 atom stereocenters. The first-order chi connectivity index (χ1) is 8.29. The van der Waals surface area contributed by atoms with Gasteiger partial charge in [-0.15, -0.1) is 0 Å². The molecule has 0 saturated heterocycles. The second-order valence-electron chi connectivity index (χ2n) is 3.39. The van der Waals surface area contributed by atoms with Gasteiger partial charge in [-0.25, -0.2) is 9.97 Å². The molecule has 0 fully saturated rings. The van der Waals surface area contributed by atoms with E-state index < -0.39 is 0 Å². The van der Waals surface area contributed by atoms with Crippen molar-refractivity contribution in [1.29, 1.82) is 5.26 Å². The first kappa shape index (κ1) is 10.9. The summed E-state index contributed by atoms with van der Waals surface area (Å²) in [5.74, 6) is 1.31. The number of hydrogen-bond donors (Lipinski definition) is 3. The minimum Gasteiger partial charge on any atom is -0.397 e. The van der Waals surface area contributed by atoms with Crippen LogP contribution in [0.4, 0.5) is 11.5 Å². The Morgan fingerprint density at radius 2 is 2.35 bits per heavy atom. The van der Waals surface area contributed by atoms with Gasteiger partial charge in [0.2, 0.25) is 0 Å². The molecule has 0 aliphatic heterocycles. The van der Waals surface area contributed by atoms with Crippen LogP contribution in [0.2, 0.25) is 0 Å². The average Bonchev–Trinajstić information content (AvgIpc) is 2.84. The van der Waals surface area contributed by atoms with Crippen molar-refractivity contribution in [3.8, 4) is 6.07 Å². The maximum Gasteiger partial charge on any atom is 0.144 e. The number of aromatic nitrogens is 4. The highest BCUT2D eigenvalue weighted by Crippen LogP contribution is 2.13. The number of rotatable bonds is 4. The maximum absolute atomic E-state index is 8.91. The number of nitriles is 1. The Morgan fingerprint density at radius 3 is 3.06 bits per heavy atom. The monoisotopic (exact) mass is 229 g/mol. The number of nitrogens with one attached hydrogen (secondary N) is 2. The van der Waals surface area contributed by atoms with Crippen LogP contribution in [-0.4, -0.2) is 26.7 Å². The van der Waals surface area contributed by atoms with Crippen molar-refractivity contribution in [2.45, 2.75) is 6.42 Å². The van der Waals surface area contributed by atoms with Gasteiger partial charge >= 0.3 is 0 Å². The highest BCUT2D eigenvalue weighted by molar-refractivity contribution is 5.57. The molecule has 4 N–H and O–H groups in total. The number of H-pyrrole nitrogens is 1. The van der Waals surface area contributed by atoms with Crippen molar-refractivity contribution >= 4 is 11.5 Å². The second-order valence-corrected chi connectivity index (χ2v) is 3.39. The maximum atomic E-state index is 8.91. The van der Waals surface area contributed by atoms with Crippen LogP contribution >= 0.6 is 0 Å². The molecule has 0 spiro atoms. The lowest BCUT2D eigenvalue weighted by molar-refractivity contribution is 0.897. The van der Waals surface area contributed by atoms with Crippen molar-refractivity contribution in [3.63, 3.8) is 0 Å². The third-order valence-corrected chi connectivity index (χ3v) is 2.15. The quantitative estimate of drug-likeness (QED) is 0.694. The first-order valence-electron chi connectivity index (χ1n) is 5.03. The summed E-state index contributed by atoms with van der Waals surface area (Å²) in [6, 6.07) is 3.63. The molecule has 7 heteroatoms. The zero-order valence-corrected chi connectivity index (χ0v) is 9.01. The number of nitrogens with zero attached hydrogens (tertiary/aromatic N) is 4. The van der Waals surface area contributed by atoms with Gasteiger partial charge in [-0.1, -0.05) is 0 Å². The SMILES string of the molecule is N#Cc1cc(N)cnc1NCCc1ncn[nH]1. The van der Waals surface area contributed by atoms with Crippen molar-refractivity contribution in [2.75, 3.05) is 17.6 Å². The zero-order chi connectivity index (χ0) is 12.1. The van der Waals surface area contributed by atoms with E-state index in [9.17, 15) is 0 Å². The summed E-state index contributed by atoms with van der Waals surface area (Å²) in [7, 11) is 0. The largest absolute Gasteiger partial charge is 0.397 e. The fraction of sp³-hybridized carbons (Fsp3) is 0.200. The summed E-state index contributed by atoms with van der Waals surface area (Å²) >= 11 is 0. The summed E-state index contributed by atoms with van der Waals surface area (Å²) in [6.45, 7) is 0.612. The van der Waals surface area contributed by atoms with Gasteiger partial charge < -0.3 is 11.1 Å². The van der Waals surface area contributed by atoms with Crippen LogP contribution in [0.5, 0.6) is 0 Å². The van der Waals surface area contributed by atoms with Gasteiger partial charge in [0.1, 0.15) is 24.0 Å². The van der Waals surface area contributed by atoms with Crippen LogP contribution in [0.15, 0.2) is 18.6 Å². The van der Waals surface area contributed by atoms with Gasteiger partial charge in [0.25, 0.3) is 0 Å². The van der Waals surface area contributed by atoms with E-state index in [1.165, 1.54) is 12.5 Å². The molecule has 7 nitrogen and oxygen atoms in total. The lowest BCUT2D eigenvalue weighted by atomic mass is 10.2. The minimum atomic E-state index is 0.433. The van der Waals surface area contributed by atoms with Crippen LogP contribution in [0.25, 0.3) is 0 Å². The van der Waals surface area contributed by atoms with Crippen molar-refractivity contribution in [3.05, 3.63) is 30.0 Å². The Morgan fingerprint density at radius 1 is 1.47 bits per heavy atom. The first-order valence-corrected chi connectivity index (χ1v) is 5.03. The smallest absolute Gasteiger partial charge is 0.144 e. The minimum absolute atomic E-state index is 0.433. The fourth-order valence-electron chi connectivity index (χ4n) is 1.36. The van der Waals surface area contributed by atoms with E-state index in [1.54, 1.807) is 6.07 Å². The molecule has 0 aliphatic rings. The van der Waals surface area contributed by atoms with E-state index in [2.05, 4.69) is 25.5 Å². The van der Waals surface area contributed by atoms with Gasteiger partial charge in [-0.05, 0) is 6.07 Å². The topological polar surface area (TPSA) is 116 Å². The van der Waals surface area contributed by atoms with E-state index in [0.29, 0.717) is 30.0 Å². The van der Waals surface area contributed by atoms with Gasteiger partial charge in [0.15, 0.2) is 0 Å². The van der Waals surface area contributed by atoms with E-state index >= 15 is 0 Å². The molecule has 2 heterocycles. The molecule has 0 aliphatic carbocycles. The molecule has 86 valence electrons. The molecule has 17 heavy (non-hydrogen) atoms. The molecule has 2 aromatic heterocycles. The van der Waals surface area contributed by atoms with Gasteiger partial charge in [0, 0.05) is 13.0 Å². The second kappa shape index (κ2) is 4.94.